The molecule has 6 rings (SSSR count). The van der Waals surface area contributed by atoms with Crippen LogP contribution in [0, 0.1) is 23.6 Å². The summed E-state index contributed by atoms with van der Waals surface area (Å²) >= 11 is 0. The molecule has 3 aliphatic heterocycles. The molecule has 13 heteroatoms. The van der Waals surface area contributed by atoms with Crippen LogP contribution in [0.4, 0.5) is 14.0 Å². The molecule has 2 saturated carbocycles. The smallest absolute Gasteiger partial charge is 0.410 e. The fourth-order valence-electron chi connectivity index (χ4n) is 7.59. The number of carbonyl (C=O) groups excluding carboxylic acids is 4. The van der Waals surface area contributed by atoms with Gasteiger partial charge in [-0.15, -0.1) is 0 Å². The van der Waals surface area contributed by atoms with Crippen LogP contribution >= 0.6 is 0 Å². The van der Waals surface area contributed by atoms with Crippen molar-refractivity contribution in [1.82, 2.24) is 20.4 Å². The lowest BCUT2D eigenvalue weighted by Gasteiger charge is -2.30. The van der Waals surface area contributed by atoms with Gasteiger partial charge in [-0.05, 0) is 69.4 Å². The summed E-state index contributed by atoms with van der Waals surface area (Å²) in [6, 6.07) is 2.52. The molecule has 0 spiro atoms. The van der Waals surface area contributed by atoms with Crippen molar-refractivity contribution in [3.8, 4) is 0 Å². The zero-order valence-electron chi connectivity index (χ0n) is 26.6. The summed E-state index contributed by atoms with van der Waals surface area (Å²) in [6.45, 7) is 5.22. The number of aliphatic carboxylic acids is 1. The number of nitrogens with one attached hydrogen (secondary N) is 2. The topological polar surface area (TPSA) is 155 Å². The highest BCUT2D eigenvalue weighted by Crippen LogP contribution is 2.61. The van der Waals surface area contributed by atoms with Gasteiger partial charge in [-0.25, -0.2) is 18.8 Å². The van der Waals surface area contributed by atoms with E-state index in [0.29, 0.717) is 36.3 Å². The van der Waals surface area contributed by atoms with E-state index < -0.39 is 65.1 Å². The summed E-state index contributed by atoms with van der Waals surface area (Å²) in [7, 11) is 0. The minimum Gasteiger partial charge on any atom is -0.479 e. The lowest BCUT2D eigenvalue weighted by atomic mass is 10.0. The number of nitrogens with zero attached hydrogens (tertiary/aromatic N) is 2. The summed E-state index contributed by atoms with van der Waals surface area (Å²) in [6.07, 6.45) is 2.55. The Morgan fingerprint density at radius 1 is 1.09 bits per heavy atom. The van der Waals surface area contributed by atoms with E-state index in [-0.39, 0.29) is 37.9 Å². The van der Waals surface area contributed by atoms with Crippen molar-refractivity contribution in [3.63, 3.8) is 0 Å². The van der Waals surface area contributed by atoms with Crippen LogP contribution in [-0.4, -0.2) is 80.7 Å². The number of amides is 4. The van der Waals surface area contributed by atoms with Crippen molar-refractivity contribution in [2.24, 2.45) is 17.8 Å². The Morgan fingerprint density at radius 3 is 2.57 bits per heavy atom. The molecule has 0 aromatic heterocycles. The Morgan fingerprint density at radius 2 is 1.85 bits per heavy atom. The van der Waals surface area contributed by atoms with Gasteiger partial charge in [0, 0.05) is 18.5 Å². The van der Waals surface area contributed by atoms with Crippen molar-refractivity contribution >= 4 is 30.0 Å². The quantitative estimate of drug-likeness (QED) is 0.451. The number of hydrogen-bond acceptors (Lipinski definition) is 7. The van der Waals surface area contributed by atoms with Crippen LogP contribution in [0.2, 0.25) is 0 Å². The molecule has 3 N–H and O–H groups in total. The van der Waals surface area contributed by atoms with E-state index in [1.807, 2.05) is 0 Å². The van der Waals surface area contributed by atoms with Gasteiger partial charge in [-0.1, -0.05) is 37.8 Å². The third kappa shape index (κ3) is 6.50. The molecule has 12 nitrogen and oxygen atoms in total. The molecule has 1 aromatic rings. The first-order valence-corrected chi connectivity index (χ1v) is 16.3. The highest BCUT2D eigenvalue weighted by Gasteiger charge is 2.68. The number of carboxylic acids is 1. The van der Waals surface area contributed by atoms with Gasteiger partial charge in [0.15, 0.2) is 0 Å². The molecule has 3 heterocycles. The van der Waals surface area contributed by atoms with E-state index >= 15 is 0 Å². The van der Waals surface area contributed by atoms with Crippen LogP contribution in [0.15, 0.2) is 18.2 Å². The fraction of sp³-hybridized carbons (Fsp3) is 0.667. The Balaban J connectivity index is 1.22. The molecule has 46 heavy (non-hydrogen) atoms. The van der Waals surface area contributed by atoms with E-state index in [2.05, 4.69) is 10.6 Å². The molecule has 0 bridgehead atoms. The minimum atomic E-state index is -1.39. The molecule has 2 aliphatic carbocycles. The Labute approximate surface area is 267 Å². The Kier molecular flexibility index (Phi) is 8.39. The van der Waals surface area contributed by atoms with E-state index in [1.165, 1.54) is 15.9 Å². The molecular formula is C33H43FN4O8. The monoisotopic (exact) mass is 642 g/mol. The van der Waals surface area contributed by atoms with Crippen molar-refractivity contribution in [3.05, 3.63) is 35.1 Å². The first-order chi connectivity index (χ1) is 21.8. The van der Waals surface area contributed by atoms with Crippen LogP contribution in [0.1, 0.15) is 83.3 Å². The molecule has 2 saturated heterocycles. The number of fused-ring (bicyclic) bond motifs is 5. The van der Waals surface area contributed by atoms with E-state index in [0.717, 1.165) is 25.7 Å². The maximum absolute atomic E-state index is 14.3. The van der Waals surface area contributed by atoms with Crippen molar-refractivity contribution in [1.29, 1.82) is 0 Å². The fourth-order valence-corrected chi connectivity index (χ4v) is 7.59. The number of benzene rings is 1. The van der Waals surface area contributed by atoms with Gasteiger partial charge in [-0.3, -0.25) is 14.5 Å². The number of hydrogen-bond donors (Lipinski definition) is 3. The Hall–Kier alpha value is -3.90. The van der Waals surface area contributed by atoms with Crippen molar-refractivity contribution in [2.75, 3.05) is 6.54 Å². The highest BCUT2D eigenvalue weighted by atomic mass is 19.1. The van der Waals surface area contributed by atoms with Gasteiger partial charge in [0.1, 0.15) is 35.1 Å². The predicted octanol–water partition coefficient (Wildman–Crippen LogP) is 3.70. The summed E-state index contributed by atoms with van der Waals surface area (Å²) in [5.74, 6) is -2.17. The SMILES string of the molecule is CC(C)(C)OC(=O)N[C@H]1CCCCC[C@@H]2C[C@@H]2[C@@H]2C[C@@]2(C(=O)O)NC(=O)[C@@H]2C[C@@H](OC(=O)N3Cc4cccc(F)c4C3)CN2C1=O. The third-order valence-electron chi connectivity index (χ3n) is 10.1. The first kappa shape index (κ1) is 32.1. The number of rotatable bonds is 3. The number of carbonyl (C=O) groups is 5. The number of halogens is 1. The maximum Gasteiger partial charge on any atom is 0.410 e. The van der Waals surface area contributed by atoms with Gasteiger partial charge in [0.25, 0.3) is 0 Å². The summed E-state index contributed by atoms with van der Waals surface area (Å²) < 4.78 is 25.5. The average molecular weight is 643 g/mol. The molecule has 4 amide bonds. The Bertz CT molecular complexity index is 1430. The van der Waals surface area contributed by atoms with Gasteiger partial charge >= 0.3 is 18.2 Å². The van der Waals surface area contributed by atoms with Crippen LogP contribution in [0.3, 0.4) is 0 Å². The average Bonchev–Trinajstić information content (AvgIpc) is 3.78. The molecule has 1 aromatic carbocycles. The highest BCUT2D eigenvalue weighted by molar-refractivity contribution is 5.96. The van der Waals surface area contributed by atoms with Crippen LogP contribution in [0.5, 0.6) is 0 Å². The molecule has 0 unspecified atom stereocenters. The van der Waals surface area contributed by atoms with Gasteiger partial charge in [0.2, 0.25) is 11.8 Å². The van der Waals surface area contributed by atoms with Crippen molar-refractivity contribution in [2.45, 2.75) is 115 Å². The lowest BCUT2D eigenvalue weighted by molar-refractivity contribution is -0.146. The molecule has 4 fully saturated rings. The molecule has 7 atom stereocenters. The first-order valence-electron chi connectivity index (χ1n) is 16.3. The van der Waals surface area contributed by atoms with Gasteiger partial charge in [0.05, 0.1) is 13.1 Å². The number of alkyl carbamates (subject to hydrolysis) is 1. The van der Waals surface area contributed by atoms with Crippen LogP contribution in [0.25, 0.3) is 0 Å². The molecular weight excluding hydrogens is 599 g/mol. The van der Waals surface area contributed by atoms with Crippen LogP contribution < -0.4 is 10.6 Å². The van der Waals surface area contributed by atoms with Gasteiger partial charge in [-0.2, -0.15) is 0 Å². The lowest BCUT2D eigenvalue weighted by Crippen LogP contribution is -2.56. The minimum absolute atomic E-state index is 0.0344. The number of carboxylic acid groups (broad SMARTS) is 1. The van der Waals surface area contributed by atoms with Gasteiger partial charge < -0.3 is 30.1 Å². The molecule has 250 valence electrons. The zero-order chi connectivity index (χ0) is 33.0. The van der Waals surface area contributed by atoms with E-state index in [1.54, 1.807) is 32.9 Å². The largest absolute Gasteiger partial charge is 0.479 e. The molecule has 0 radical (unpaired) electrons. The van der Waals surface area contributed by atoms with Crippen molar-refractivity contribution < 1.29 is 42.9 Å². The van der Waals surface area contributed by atoms with E-state index in [9.17, 15) is 33.5 Å². The summed E-state index contributed by atoms with van der Waals surface area (Å²) in [4.78, 5) is 69.1. The molecule has 5 aliphatic rings. The standard InChI is InChI=1S/C33H43FN4O8/c1-32(2,3)46-30(43)35-25-11-6-4-5-8-18-12-21(18)23-14-33(23,29(41)42)36-27(39)26-13-20(16-38(26)28(25)40)45-31(44)37-15-19-9-7-10-24(34)22(19)17-37/h7,9-10,18,20-21,23,25-26H,4-6,8,11-17H2,1-3H3,(H,35,43)(H,36,39)(H,41,42)/t18-,20-,21+,23+,25+,26+,33-/m1/s1. The predicted molar refractivity (Wildman–Crippen MR) is 160 cm³/mol. The second-order valence-electron chi connectivity index (χ2n) is 14.6. The second-order valence-corrected chi connectivity index (χ2v) is 14.6. The summed E-state index contributed by atoms with van der Waals surface area (Å²) in [5.41, 5.74) is -1.09. The van der Waals surface area contributed by atoms with Crippen LogP contribution in [-0.2, 0) is 36.9 Å². The number of ether oxygens (including phenoxy) is 2. The van der Waals surface area contributed by atoms with E-state index in [4.69, 9.17) is 9.47 Å². The zero-order valence-corrected chi connectivity index (χ0v) is 26.6. The summed E-state index contributed by atoms with van der Waals surface area (Å²) in [5, 5.41) is 15.7. The third-order valence-corrected chi connectivity index (χ3v) is 10.1. The second kappa shape index (κ2) is 12.0. The normalized spacial score (nSPS) is 32.4. The maximum atomic E-state index is 14.3.